The number of hydrogen-bond acceptors (Lipinski definition) is 3. The molecule has 18 heavy (non-hydrogen) atoms. The van der Waals surface area contributed by atoms with E-state index in [1.165, 1.54) is 0 Å². The van der Waals surface area contributed by atoms with Crippen LogP contribution >= 0.6 is 15.9 Å². The van der Waals surface area contributed by atoms with Gasteiger partial charge in [-0.05, 0) is 53.4 Å². The minimum atomic E-state index is 0.408. The first-order valence-corrected chi connectivity index (χ1v) is 7.32. The SMILES string of the molecule is CCC1OCCC1CNc1cc(C)c(N)cc1Br. The fraction of sp³-hybridized carbons (Fsp3) is 0.571. The number of rotatable bonds is 4. The quantitative estimate of drug-likeness (QED) is 0.836. The number of benzene rings is 1. The van der Waals surface area contributed by atoms with Gasteiger partial charge in [-0.25, -0.2) is 0 Å². The lowest BCUT2D eigenvalue weighted by molar-refractivity contribution is 0.0900. The Morgan fingerprint density at radius 3 is 3.00 bits per heavy atom. The third-order valence-corrected chi connectivity index (χ3v) is 4.32. The van der Waals surface area contributed by atoms with Crippen molar-refractivity contribution in [3.05, 3.63) is 22.2 Å². The summed E-state index contributed by atoms with van der Waals surface area (Å²) in [5, 5.41) is 3.50. The van der Waals surface area contributed by atoms with E-state index in [4.69, 9.17) is 10.5 Å². The van der Waals surface area contributed by atoms with Crippen molar-refractivity contribution in [2.45, 2.75) is 32.8 Å². The molecule has 1 aliphatic rings. The highest BCUT2D eigenvalue weighted by Gasteiger charge is 2.26. The zero-order valence-corrected chi connectivity index (χ0v) is 12.6. The molecule has 1 aromatic rings. The van der Waals surface area contributed by atoms with E-state index >= 15 is 0 Å². The Labute approximate surface area is 117 Å². The first kappa shape index (κ1) is 13.7. The van der Waals surface area contributed by atoms with Crippen LogP contribution in [0.4, 0.5) is 11.4 Å². The zero-order valence-electron chi connectivity index (χ0n) is 11.0. The van der Waals surface area contributed by atoms with Crippen LogP contribution in [0.1, 0.15) is 25.3 Å². The maximum atomic E-state index is 5.87. The number of aryl methyl sites for hydroxylation is 1. The number of anilines is 2. The highest BCUT2D eigenvalue weighted by atomic mass is 79.9. The average molecular weight is 313 g/mol. The third kappa shape index (κ3) is 2.98. The van der Waals surface area contributed by atoms with E-state index in [-0.39, 0.29) is 0 Å². The van der Waals surface area contributed by atoms with Crippen LogP contribution in [0.5, 0.6) is 0 Å². The third-order valence-electron chi connectivity index (χ3n) is 3.66. The Bertz CT molecular complexity index is 423. The summed E-state index contributed by atoms with van der Waals surface area (Å²) in [6, 6.07) is 4.05. The Morgan fingerprint density at radius 1 is 1.50 bits per heavy atom. The number of nitrogens with two attached hydrogens (primary N) is 1. The fourth-order valence-corrected chi connectivity index (χ4v) is 2.95. The molecule has 2 atom stereocenters. The van der Waals surface area contributed by atoms with Gasteiger partial charge in [0.2, 0.25) is 0 Å². The second-order valence-corrected chi connectivity index (χ2v) is 5.79. The second-order valence-electron chi connectivity index (χ2n) is 4.94. The van der Waals surface area contributed by atoms with E-state index in [1.54, 1.807) is 0 Å². The number of ether oxygens (including phenoxy) is 1. The number of nitrogen functional groups attached to an aromatic ring is 1. The lowest BCUT2D eigenvalue weighted by atomic mass is 9.99. The first-order chi connectivity index (χ1) is 8.61. The highest BCUT2D eigenvalue weighted by molar-refractivity contribution is 9.10. The molecule has 0 aliphatic carbocycles. The second kappa shape index (κ2) is 5.93. The van der Waals surface area contributed by atoms with E-state index in [0.717, 1.165) is 47.4 Å². The lowest BCUT2D eigenvalue weighted by Crippen LogP contribution is -2.22. The molecule has 100 valence electrons. The highest BCUT2D eigenvalue weighted by Crippen LogP contribution is 2.29. The predicted molar refractivity (Wildman–Crippen MR) is 79.9 cm³/mol. The summed E-state index contributed by atoms with van der Waals surface area (Å²) in [6.07, 6.45) is 2.65. The molecule has 2 rings (SSSR count). The smallest absolute Gasteiger partial charge is 0.0618 e. The molecule has 0 spiro atoms. The van der Waals surface area contributed by atoms with Crippen molar-refractivity contribution < 1.29 is 4.74 Å². The molecule has 4 heteroatoms. The van der Waals surface area contributed by atoms with Crippen LogP contribution in [-0.4, -0.2) is 19.3 Å². The topological polar surface area (TPSA) is 47.3 Å². The molecule has 3 nitrogen and oxygen atoms in total. The van der Waals surface area contributed by atoms with Crippen molar-refractivity contribution in [1.29, 1.82) is 0 Å². The van der Waals surface area contributed by atoms with Crippen molar-refractivity contribution in [2.24, 2.45) is 5.92 Å². The molecule has 0 aromatic heterocycles. The van der Waals surface area contributed by atoms with Gasteiger partial charge in [-0.15, -0.1) is 0 Å². The maximum Gasteiger partial charge on any atom is 0.0618 e. The minimum absolute atomic E-state index is 0.408. The van der Waals surface area contributed by atoms with E-state index in [9.17, 15) is 0 Å². The van der Waals surface area contributed by atoms with Gasteiger partial charge in [0.15, 0.2) is 0 Å². The van der Waals surface area contributed by atoms with Gasteiger partial charge in [-0.3, -0.25) is 0 Å². The van der Waals surface area contributed by atoms with E-state index in [0.29, 0.717) is 12.0 Å². The number of hydrogen-bond donors (Lipinski definition) is 2. The average Bonchev–Trinajstić information content (AvgIpc) is 2.79. The van der Waals surface area contributed by atoms with Crippen molar-refractivity contribution in [3.8, 4) is 0 Å². The van der Waals surface area contributed by atoms with Crippen LogP contribution in [0.15, 0.2) is 16.6 Å². The Morgan fingerprint density at radius 2 is 2.28 bits per heavy atom. The van der Waals surface area contributed by atoms with Crippen LogP contribution in [-0.2, 0) is 4.74 Å². The number of halogens is 1. The molecular formula is C14H21BrN2O. The molecule has 1 aliphatic heterocycles. The molecule has 2 unspecified atom stereocenters. The molecule has 0 bridgehead atoms. The summed E-state index contributed by atoms with van der Waals surface area (Å²) in [6.45, 7) is 6.07. The van der Waals surface area contributed by atoms with Crippen LogP contribution in [0, 0.1) is 12.8 Å². The normalized spacial score (nSPS) is 23.3. The summed E-state index contributed by atoms with van der Waals surface area (Å²) in [4.78, 5) is 0. The summed E-state index contributed by atoms with van der Waals surface area (Å²) >= 11 is 3.55. The first-order valence-electron chi connectivity index (χ1n) is 6.53. The van der Waals surface area contributed by atoms with Gasteiger partial charge in [0.05, 0.1) is 6.10 Å². The van der Waals surface area contributed by atoms with Crippen LogP contribution in [0.3, 0.4) is 0 Å². The van der Waals surface area contributed by atoms with Gasteiger partial charge in [-0.2, -0.15) is 0 Å². The monoisotopic (exact) mass is 312 g/mol. The molecule has 3 N–H and O–H groups in total. The van der Waals surface area contributed by atoms with Crippen LogP contribution < -0.4 is 11.1 Å². The summed E-state index contributed by atoms with van der Waals surface area (Å²) in [5.41, 5.74) is 8.92. The minimum Gasteiger partial charge on any atom is -0.398 e. The summed E-state index contributed by atoms with van der Waals surface area (Å²) in [7, 11) is 0. The number of nitrogens with one attached hydrogen (secondary N) is 1. The summed E-state index contributed by atoms with van der Waals surface area (Å²) in [5.74, 6) is 0.611. The van der Waals surface area contributed by atoms with Crippen LogP contribution in [0.25, 0.3) is 0 Å². The lowest BCUT2D eigenvalue weighted by Gasteiger charge is -2.19. The van der Waals surface area contributed by atoms with Crippen molar-refractivity contribution in [2.75, 3.05) is 24.2 Å². The molecule has 1 heterocycles. The van der Waals surface area contributed by atoms with Gasteiger partial charge in [0, 0.05) is 34.9 Å². The fourth-order valence-electron chi connectivity index (χ4n) is 2.45. The molecular weight excluding hydrogens is 292 g/mol. The molecule has 0 saturated carbocycles. The molecule has 0 radical (unpaired) electrons. The van der Waals surface area contributed by atoms with Crippen molar-refractivity contribution >= 4 is 27.3 Å². The molecule has 1 fully saturated rings. The summed E-state index contributed by atoms with van der Waals surface area (Å²) < 4.78 is 6.73. The van der Waals surface area contributed by atoms with Gasteiger partial charge >= 0.3 is 0 Å². The molecule has 0 amide bonds. The van der Waals surface area contributed by atoms with Gasteiger partial charge < -0.3 is 15.8 Å². The van der Waals surface area contributed by atoms with Gasteiger partial charge in [0.25, 0.3) is 0 Å². The van der Waals surface area contributed by atoms with Crippen molar-refractivity contribution in [1.82, 2.24) is 0 Å². The largest absolute Gasteiger partial charge is 0.398 e. The standard InChI is InChI=1S/C14H21BrN2O/c1-3-14-10(4-5-18-14)8-17-13-6-9(2)12(16)7-11(13)15/h6-7,10,14,17H,3-5,8,16H2,1-2H3. The van der Waals surface area contributed by atoms with E-state index < -0.39 is 0 Å². The van der Waals surface area contributed by atoms with Gasteiger partial charge in [-0.1, -0.05) is 6.92 Å². The van der Waals surface area contributed by atoms with E-state index in [2.05, 4.69) is 34.2 Å². The predicted octanol–water partition coefficient (Wildman–Crippen LogP) is 3.57. The Kier molecular flexibility index (Phi) is 4.51. The Balaban J connectivity index is 2.00. The zero-order chi connectivity index (χ0) is 13.1. The Hall–Kier alpha value is -0.740. The van der Waals surface area contributed by atoms with E-state index in [1.807, 2.05) is 13.0 Å². The molecule has 1 aromatic carbocycles. The molecule has 1 saturated heterocycles. The van der Waals surface area contributed by atoms with Gasteiger partial charge in [0.1, 0.15) is 0 Å². The van der Waals surface area contributed by atoms with Crippen LogP contribution in [0.2, 0.25) is 0 Å². The van der Waals surface area contributed by atoms with Crippen molar-refractivity contribution in [3.63, 3.8) is 0 Å². The maximum absolute atomic E-state index is 5.87.